The van der Waals surface area contributed by atoms with Gasteiger partial charge in [-0.25, -0.2) is 4.98 Å². The fraction of sp³-hybridized carbons (Fsp3) is 0.333. The van der Waals surface area contributed by atoms with Gasteiger partial charge in [0, 0.05) is 12.1 Å². The lowest BCUT2D eigenvalue weighted by Crippen LogP contribution is -2.21. The summed E-state index contributed by atoms with van der Waals surface area (Å²) in [6.45, 7) is 0.987. The van der Waals surface area contributed by atoms with Gasteiger partial charge in [0.2, 0.25) is 0 Å². The van der Waals surface area contributed by atoms with Crippen LogP contribution in [0.1, 0.15) is 24.6 Å². The molecule has 1 unspecified atom stereocenters. The van der Waals surface area contributed by atoms with Gasteiger partial charge in [-0.3, -0.25) is 9.20 Å². The molecule has 0 aromatic carbocycles. The highest BCUT2D eigenvalue weighted by atomic mass is 35.5. The highest BCUT2D eigenvalue weighted by Crippen LogP contribution is 2.21. The van der Waals surface area contributed by atoms with Crippen LogP contribution in [-0.4, -0.2) is 15.9 Å². The van der Waals surface area contributed by atoms with E-state index in [9.17, 15) is 4.79 Å². The Labute approximate surface area is 103 Å². The molecule has 3 heterocycles. The van der Waals surface area contributed by atoms with Crippen LogP contribution in [0.25, 0.3) is 5.65 Å². The summed E-state index contributed by atoms with van der Waals surface area (Å²) in [7, 11) is 0. The summed E-state index contributed by atoms with van der Waals surface area (Å²) in [6.07, 6.45) is 2.16. The van der Waals surface area contributed by atoms with Gasteiger partial charge in [-0.1, -0.05) is 17.7 Å². The first-order chi connectivity index (χ1) is 8.25. The standard InChI is InChI=1S/C12H12ClN3O/c13-10-4-1-5-11-15-9(7-12(17)16(10)11)8-3-2-6-14-8/h1,4-5,7-8,14H,2-3,6H2. The summed E-state index contributed by atoms with van der Waals surface area (Å²) in [4.78, 5) is 16.5. The first kappa shape index (κ1) is 10.7. The third-order valence-electron chi connectivity index (χ3n) is 3.07. The van der Waals surface area contributed by atoms with Crippen molar-refractivity contribution in [2.75, 3.05) is 6.54 Å². The molecule has 1 aliphatic heterocycles. The van der Waals surface area contributed by atoms with E-state index in [0.29, 0.717) is 10.8 Å². The molecule has 4 nitrogen and oxygen atoms in total. The minimum atomic E-state index is -0.121. The van der Waals surface area contributed by atoms with Gasteiger partial charge in [-0.2, -0.15) is 0 Å². The third-order valence-corrected chi connectivity index (χ3v) is 3.37. The smallest absolute Gasteiger partial charge is 0.259 e. The van der Waals surface area contributed by atoms with Crippen LogP contribution in [0.15, 0.2) is 29.1 Å². The number of aromatic nitrogens is 2. The van der Waals surface area contributed by atoms with Crippen LogP contribution in [0.3, 0.4) is 0 Å². The van der Waals surface area contributed by atoms with Crippen molar-refractivity contribution >= 4 is 17.2 Å². The maximum Gasteiger partial charge on any atom is 0.259 e. The molecule has 0 bridgehead atoms. The van der Waals surface area contributed by atoms with Crippen molar-refractivity contribution in [1.82, 2.24) is 14.7 Å². The molecule has 1 saturated heterocycles. The molecule has 5 heteroatoms. The first-order valence-corrected chi connectivity index (χ1v) is 6.05. The summed E-state index contributed by atoms with van der Waals surface area (Å²) in [5.74, 6) is 0. The predicted octanol–water partition coefficient (Wildman–Crippen LogP) is 1.77. The van der Waals surface area contributed by atoms with Gasteiger partial charge in [0.05, 0.1) is 5.69 Å². The lowest BCUT2D eigenvalue weighted by molar-refractivity contribution is 0.626. The van der Waals surface area contributed by atoms with Gasteiger partial charge in [-0.15, -0.1) is 0 Å². The van der Waals surface area contributed by atoms with E-state index >= 15 is 0 Å². The summed E-state index contributed by atoms with van der Waals surface area (Å²) >= 11 is 5.98. The zero-order valence-corrected chi connectivity index (χ0v) is 9.94. The first-order valence-electron chi connectivity index (χ1n) is 5.67. The number of pyridine rings is 1. The number of nitrogens with one attached hydrogen (secondary N) is 1. The monoisotopic (exact) mass is 249 g/mol. The minimum Gasteiger partial charge on any atom is -0.309 e. The van der Waals surface area contributed by atoms with Gasteiger partial charge < -0.3 is 5.32 Å². The van der Waals surface area contributed by atoms with Crippen molar-refractivity contribution in [2.45, 2.75) is 18.9 Å². The van der Waals surface area contributed by atoms with Crippen molar-refractivity contribution in [1.29, 1.82) is 0 Å². The zero-order chi connectivity index (χ0) is 11.8. The number of fused-ring (bicyclic) bond motifs is 1. The average Bonchev–Trinajstić information content (AvgIpc) is 2.81. The van der Waals surface area contributed by atoms with Crippen LogP contribution < -0.4 is 10.9 Å². The summed E-state index contributed by atoms with van der Waals surface area (Å²) in [5.41, 5.74) is 1.30. The number of hydrogen-bond acceptors (Lipinski definition) is 3. The molecule has 88 valence electrons. The lowest BCUT2D eigenvalue weighted by Gasteiger charge is -2.10. The lowest BCUT2D eigenvalue weighted by atomic mass is 10.1. The van der Waals surface area contributed by atoms with Gasteiger partial charge >= 0.3 is 0 Å². The Kier molecular flexibility index (Phi) is 2.61. The fourth-order valence-electron chi connectivity index (χ4n) is 2.25. The fourth-order valence-corrected chi connectivity index (χ4v) is 2.49. The number of hydrogen-bond donors (Lipinski definition) is 1. The molecule has 1 fully saturated rings. The highest BCUT2D eigenvalue weighted by molar-refractivity contribution is 6.29. The number of nitrogens with zero attached hydrogens (tertiary/aromatic N) is 2. The molecule has 1 N–H and O–H groups in total. The molecule has 3 rings (SSSR count). The molecule has 17 heavy (non-hydrogen) atoms. The molecular weight excluding hydrogens is 238 g/mol. The molecule has 1 atom stereocenters. The Bertz CT molecular complexity index is 617. The maximum absolute atomic E-state index is 12.0. The Morgan fingerprint density at radius 3 is 3.12 bits per heavy atom. The second-order valence-corrected chi connectivity index (χ2v) is 4.60. The third kappa shape index (κ3) is 1.83. The van der Waals surface area contributed by atoms with Crippen LogP contribution in [0, 0.1) is 0 Å². The van der Waals surface area contributed by atoms with Crippen LogP contribution in [-0.2, 0) is 0 Å². The largest absolute Gasteiger partial charge is 0.309 e. The van der Waals surface area contributed by atoms with Crippen LogP contribution >= 0.6 is 11.6 Å². The Hall–Kier alpha value is -1.39. The van der Waals surface area contributed by atoms with Gasteiger partial charge in [0.1, 0.15) is 10.8 Å². The molecular formula is C12H12ClN3O. The summed E-state index contributed by atoms with van der Waals surface area (Å²) < 4.78 is 1.42. The van der Waals surface area contributed by atoms with Gasteiger partial charge in [0.15, 0.2) is 0 Å². The number of rotatable bonds is 1. The van der Waals surface area contributed by atoms with Gasteiger partial charge in [0.25, 0.3) is 5.56 Å². The molecule has 0 spiro atoms. The molecule has 0 saturated carbocycles. The molecule has 0 aliphatic carbocycles. The zero-order valence-electron chi connectivity index (χ0n) is 9.19. The van der Waals surface area contributed by atoms with E-state index in [0.717, 1.165) is 25.1 Å². The number of halogens is 1. The molecule has 0 amide bonds. The Balaban J connectivity index is 2.20. The van der Waals surface area contributed by atoms with Crippen molar-refractivity contribution in [2.24, 2.45) is 0 Å². The van der Waals surface area contributed by atoms with Crippen molar-refractivity contribution in [3.63, 3.8) is 0 Å². The van der Waals surface area contributed by atoms with Crippen molar-refractivity contribution in [3.05, 3.63) is 45.5 Å². The molecule has 2 aromatic heterocycles. The average molecular weight is 250 g/mol. The second-order valence-electron chi connectivity index (χ2n) is 4.21. The van der Waals surface area contributed by atoms with Crippen LogP contribution in [0.2, 0.25) is 5.15 Å². The summed E-state index contributed by atoms with van der Waals surface area (Å²) in [5, 5.41) is 3.73. The second kappa shape index (κ2) is 4.13. The topological polar surface area (TPSA) is 46.4 Å². The van der Waals surface area contributed by atoms with E-state index in [1.807, 2.05) is 0 Å². The normalized spacial score (nSPS) is 19.9. The van der Waals surface area contributed by atoms with Crippen molar-refractivity contribution in [3.8, 4) is 0 Å². The molecule has 1 aliphatic rings. The molecule has 0 radical (unpaired) electrons. The van der Waals surface area contributed by atoms with E-state index in [1.54, 1.807) is 24.3 Å². The van der Waals surface area contributed by atoms with E-state index in [4.69, 9.17) is 11.6 Å². The quantitative estimate of drug-likeness (QED) is 0.784. The van der Waals surface area contributed by atoms with E-state index < -0.39 is 0 Å². The SMILES string of the molecule is O=c1cc(C2CCCN2)nc2cccc(Cl)n12. The molecule has 2 aromatic rings. The Morgan fingerprint density at radius 2 is 2.35 bits per heavy atom. The van der Waals surface area contributed by atoms with Gasteiger partial charge in [-0.05, 0) is 31.5 Å². The van der Waals surface area contributed by atoms with E-state index in [-0.39, 0.29) is 11.6 Å². The summed E-state index contributed by atoms with van der Waals surface area (Å²) in [6, 6.07) is 7.06. The highest BCUT2D eigenvalue weighted by Gasteiger charge is 2.18. The predicted molar refractivity (Wildman–Crippen MR) is 66.4 cm³/mol. The maximum atomic E-state index is 12.0. The van der Waals surface area contributed by atoms with Crippen molar-refractivity contribution < 1.29 is 0 Å². The van der Waals surface area contributed by atoms with Crippen LogP contribution in [0.4, 0.5) is 0 Å². The minimum absolute atomic E-state index is 0.121. The Morgan fingerprint density at radius 1 is 1.47 bits per heavy atom. The van der Waals surface area contributed by atoms with E-state index in [2.05, 4.69) is 10.3 Å². The van der Waals surface area contributed by atoms with E-state index in [1.165, 1.54) is 4.40 Å². The van der Waals surface area contributed by atoms with Crippen LogP contribution in [0.5, 0.6) is 0 Å².